The van der Waals surface area contributed by atoms with Gasteiger partial charge in [-0.25, -0.2) is 0 Å². The summed E-state index contributed by atoms with van der Waals surface area (Å²) >= 11 is 1.71. The van der Waals surface area contributed by atoms with Crippen molar-refractivity contribution in [2.45, 2.75) is 45.4 Å². The average Bonchev–Trinajstić information content (AvgIpc) is 2.71. The van der Waals surface area contributed by atoms with Crippen molar-refractivity contribution in [1.29, 1.82) is 0 Å². The van der Waals surface area contributed by atoms with E-state index in [1.807, 2.05) is 4.90 Å². The Morgan fingerprint density at radius 3 is 2.88 bits per heavy atom. The van der Waals surface area contributed by atoms with Crippen molar-refractivity contribution in [3.8, 4) is 0 Å². The molecule has 1 aliphatic rings. The summed E-state index contributed by atoms with van der Waals surface area (Å²) in [6, 6.07) is 2.19. The van der Waals surface area contributed by atoms with Gasteiger partial charge in [0.1, 0.15) is 0 Å². The van der Waals surface area contributed by atoms with Gasteiger partial charge in [0.05, 0.1) is 5.00 Å². The van der Waals surface area contributed by atoms with Crippen LogP contribution in [-0.4, -0.2) is 12.5 Å². The zero-order chi connectivity index (χ0) is 11.4. The number of aryl methyl sites for hydroxylation is 1. The summed E-state index contributed by atoms with van der Waals surface area (Å²) < 4.78 is 0. The van der Waals surface area contributed by atoms with Crippen LogP contribution in [-0.2, 0) is 11.2 Å². The molecule has 2 rings (SSSR count). The summed E-state index contributed by atoms with van der Waals surface area (Å²) in [5.41, 5.74) is 1.40. The van der Waals surface area contributed by atoms with Crippen LogP contribution in [0.25, 0.3) is 0 Å². The van der Waals surface area contributed by atoms with Crippen LogP contribution in [0, 0.1) is 0 Å². The fraction of sp³-hybridized carbons (Fsp3) is 0.615. The molecule has 0 atom stereocenters. The van der Waals surface area contributed by atoms with Crippen molar-refractivity contribution < 1.29 is 4.79 Å². The highest BCUT2D eigenvalue weighted by Crippen LogP contribution is 2.29. The van der Waals surface area contributed by atoms with E-state index in [9.17, 15) is 4.79 Å². The predicted octanol–water partition coefficient (Wildman–Crippen LogP) is 3.61. The SMILES string of the molecule is CCCCCCc1csc(N2CCC2=O)c1. The Bertz CT molecular complexity index is 359. The smallest absolute Gasteiger partial charge is 0.229 e. The molecule has 1 aromatic rings. The van der Waals surface area contributed by atoms with Crippen molar-refractivity contribution in [2.75, 3.05) is 11.4 Å². The summed E-state index contributed by atoms with van der Waals surface area (Å²) in [6.45, 7) is 3.15. The molecule has 1 fully saturated rings. The molecule has 3 heteroatoms. The fourth-order valence-electron chi connectivity index (χ4n) is 1.94. The van der Waals surface area contributed by atoms with Gasteiger partial charge < -0.3 is 4.90 Å². The Balaban J connectivity index is 1.80. The van der Waals surface area contributed by atoms with E-state index in [-0.39, 0.29) is 5.91 Å². The summed E-state index contributed by atoms with van der Waals surface area (Å²) in [5.74, 6) is 0.277. The first-order valence-electron chi connectivity index (χ1n) is 6.19. The predicted molar refractivity (Wildman–Crippen MR) is 69.1 cm³/mol. The maximum absolute atomic E-state index is 11.3. The Morgan fingerprint density at radius 2 is 2.25 bits per heavy atom. The monoisotopic (exact) mass is 237 g/mol. The molecule has 0 spiro atoms. The molecule has 2 nitrogen and oxygen atoms in total. The highest BCUT2D eigenvalue weighted by atomic mass is 32.1. The van der Waals surface area contributed by atoms with Crippen molar-refractivity contribution in [1.82, 2.24) is 0 Å². The van der Waals surface area contributed by atoms with Gasteiger partial charge in [-0.3, -0.25) is 4.79 Å². The molecule has 0 radical (unpaired) electrons. The number of thiophene rings is 1. The van der Waals surface area contributed by atoms with Crippen molar-refractivity contribution in [3.63, 3.8) is 0 Å². The number of amides is 1. The van der Waals surface area contributed by atoms with Crippen LogP contribution < -0.4 is 4.90 Å². The molecule has 0 unspecified atom stereocenters. The van der Waals surface area contributed by atoms with Gasteiger partial charge in [0.15, 0.2) is 0 Å². The molecule has 0 aromatic carbocycles. The van der Waals surface area contributed by atoms with Crippen LogP contribution in [0.5, 0.6) is 0 Å². The second-order valence-corrected chi connectivity index (χ2v) is 5.29. The second-order valence-electron chi connectivity index (χ2n) is 4.40. The minimum Gasteiger partial charge on any atom is -0.303 e. The fourth-order valence-corrected chi connectivity index (χ4v) is 2.94. The lowest BCUT2D eigenvalue weighted by Gasteiger charge is -2.28. The highest BCUT2D eigenvalue weighted by molar-refractivity contribution is 7.14. The van der Waals surface area contributed by atoms with E-state index in [4.69, 9.17) is 0 Å². The number of anilines is 1. The third-order valence-corrected chi connectivity index (χ3v) is 4.08. The van der Waals surface area contributed by atoms with Crippen LogP contribution in [0.1, 0.15) is 44.6 Å². The normalized spacial score (nSPS) is 15.3. The third-order valence-electron chi connectivity index (χ3n) is 3.08. The Kier molecular flexibility index (Phi) is 3.99. The number of β-lactam (4-membered cyclic amide) rings is 1. The van der Waals surface area contributed by atoms with Crippen molar-refractivity contribution in [2.24, 2.45) is 0 Å². The minimum absolute atomic E-state index is 0.277. The van der Waals surface area contributed by atoms with Crippen molar-refractivity contribution in [3.05, 3.63) is 17.0 Å². The van der Waals surface area contributed by atoms with Gasteiger partial charge >= 0.3 is 0 Å². The molecule has 1 saturated heterocycles. The molecular weight excluding hydrogens is 218 g/mol. The molecule has 1 amide bonds. The van der Waals surface area contributed by atoms with E-state index in [0.29, 0.717) is 0 Å². The van der Waals surface area contributed by atoms with E-state index in [1.54, 1.807) is 11.3 Å². The molecule has 0 N–H and O–H groups in total. The Morgan fingerprint density at radius 1 is 1.38 bits per heavy atom. The third kappa shape index (κ3) is 2.64. The maximum atomic E-state index is 11.3. The summed E-state index contributed by atoms with van der Waals surface area (Å²) in [7, 11) is 0. The van der Waals surface area contributed by atoms with Gasteiger partial charge in [-0.1, -0.05) is 26.2 Å². The van der Waals surface area contributed by atoms with Crippen molar-refractivity contribution >= 4 is 22.2 Å². The first-order chi connectivity index (χ1) is 7.81. The molecular formula is C13H19NOS. The van der Waals surface area contributed by atoms with E-state index >= 15 is 0 Å². The highest BCUT2D eigenvalue weighted by Gasteiger charge is 2.26. The number of rotatable bonds is 6. The van der Waals surface area contributed by atoms with Crippen LogP contribution >= 0.6 is 11.3 Å². The van der Waals surface area contributed by atoms with E-state index in [2.05, 4.69) is 18.4 Å². The summed E-state index contributed by atoms with van der Waals surface area (Å²) in [6.07, 6.45) is 7.11. The maximum Gasteiger partial charge on any atom is 0.229 e. The van der Waals surface area contributed by atoms with Gasteiger partial charge in [0.25, 0.3) is 0 Å². The lowest BCUT2D eigenvalue weighted by molar-refractivity contribution is -0.122. The lowest BCUT2D eigenvalue weighted by Crippen LogP contribution is -2.42. The Labute approximate surface area is 101 Å². The van der Waals surface area contributed by atoms with E-state index in [1.165, 1.54) is 37.7 Å². The molecule has 0 bridgehead atoms. The number of unbranched alkanes of at least 4 members (excludes halogenated alkanes) is 3. The first kappa shape index (κ1) is 11.6. The number of carbonyl (C=O) groups excluding carboxylic acids is 1. The van der Waals surface area contributed by atoms with Crippen LogP contribution in [0.3, 0.4) is 0 Å². The quantitative estimate of drug-likeness (QED) is 0.547. The van der Waals surface area contributed by atoms with E-state index in [0.717, 1.165) is 18.0 Å². The molecule has 1 aromatic heterocycles. The summed E-state index contributed by atoms with van der Waals surface area (Å²) in [4.78, 5) is 13.2. The topological polar surface area (TPSA) is 20.3 Å². The number of hydrogen-bond donors (Lipinski definition) is 0. The molecule has 0 saturated carbocycles. The zero-order valence-electron chi connectivity index (χ0n) is 9.87. The molecule has 1 aliphatic heterocycles. The van der Waals surface area contributed by atoms with Crippen LogP contribution in [0.15, 0.2) is 11.4 Å². The van der Waals surface area contributed by atoms with Gasteiger partial charge in [0, 0.05) is 13.0 Å². The zero-order valence-corrected chi connectivity index (χ0v) is 10.7. The second kappa shape index (κ2) is 5.48. The lowest BCUT2D eigenvalue weighted by atomic mass is 10.1. The first-order valence-corrected chi connectivity index (χ1v) is 7.07. The molecule has 0 aliphatic carbocycles. The summed E-state index contributed by atoms with van der Waals surface area (Å²) in [5, 5.41) is 3.34. The molecule has 2 heterocycles. The molecule has 88 valence electrons. The largest absolute Gasteiger partial charge is 0.303 e. The van der Waals surface area contributed by atoms with Gasteiger partial charge in [-0.15, -0.1) is 11.3 Å². The van der Waals surface area contributed by atoms with Gasteiger partial charge in [0.2, 0.25) is 5.91 Å². The number of hydrogen-bond acceptors (Lipinski definition) is 2. The number of carbonyl (C=O) groups is 1. The van der Waals surface area contributed by atoms with Gasteiger partial charge in [-0.2, -0.15) is 0 Å². The van der Waals surface area contributed by atoms with E-state index < -0.39 is 0 Å². The standard InChI is InChI=1S/C13H19NOS/c1-2-3-4-5-6-11-9-13(16-10-11)14-8-7-12(14)15/h9-10H,2-8H2,1H3. The average molecular weight is 237 g/mol. The van der Waals surface area contributed by atoms with Crippen LogP contribution in [0.4, 0.5) is 5.00 Å². The van der Waals surface area contributed by atoms with Crippen LogP contribution in [0.2, 0.25) is 0 Å². The van der Waals surface area contributed by atoms with Gasteiger partial charge in [-0.05, 0) is 29.9 Å². The molecule has 16 heavy (non-hydrogen) atoms. The minimum atomic E-state index is 0.277. The Hall–Kier alpha value is -0.830. The number of nitrogens with zero attached hydrogens (tertiary/aromatic N) is 1.